The van der Waals surface area contributed by atoms with Crippen molar-refractivity contribution < 1.29 is 0 Å². The summed E-state index contributed by atoms with van der Waals surface area (Å²) in [5, 5.41) is 3.79. The van der Waals surface area contributed by atoms with Gasteiger partial charge in [-0.2, -0.15) is 0 Å². The minimum Gasteiger partial charge on any atom is -0.313 e. The number of hydrogen-bond donors (Lipinski definition) is 1. The van der Waals surface area contributed by atoms with E-state index in [2.05, 4.69) is 39.9 Å². The minimum atomic E-state index is 0.796. The third-order valence-electron chi connectivity index (χ3n) is 3.96. The Morgan fingerprint density at radius 3 is 1.93 bits per heavy atom. The molecule has 0 bridgehead atoms. The average molecular weight is 211 g/mol. The molecule has 0 amide bonds. The molecule has 0 aromatic carbocycles. The number of hydrogen-bond acceptors (Lipinski definition) is 1. The molecule has 90 valence electrons. The highest BCUT2D eigenvalue weighted by Gasteiger charge is 2.30. The summed E-state index contributed by atoms with van der Waals surface area (Å²) in [6.07, 6.45) is 4.21. The van der Waals surface area contributed by atoms with Crippen LogP contribution in [0.25, 0.3) is 0 Å². The van der Waals surface area contributed by atoms with Crippen molar-refractivity contribution in [3.63, 3.8) is 0 Å². The van der Waals surface area contributed by atoms with Gasteiger partial charge in [0.15, 0.2) is 0 Å². The first kappa shape index (κ1) is 13.0. The van der Waals surface area contributed by atoms with Gasteiger partial charge in [0.2, 0.25) is 0 Å². The van der Waals surface area contributed by atoms with E-state index in [9.17, 15) is 0 Å². The van der Waals surface area contributed by atoms with Crippen LogP contribution < -0.4 is 5.32 Å². The molecule has 0 aromatic heterocycles. The van der Waals surface area contributed by atoms with Crippen LogP contribution >= 0.6 is 0 Å². The molecule has 1 N–H and O–H groups in total. The molecule has 1 saturated carbocycles. The summed E-state index contributed by atoms with van der Waals surface area (Å²) in [6.45, 7) is 12.9. The Morgan fingerprint density at radius 2 is 1.60 bits per heavy atom. The first-order valence-corrected chi connectivity index (χ1v) is 6.79. The molecule has 1 aliphatic carbocycles. The molecule has 1 atom stereocenters. The topological polar surface area (TPSA) is 12.0 Å². The summed E-state index contributed by atoms with van der Waals surface area (Å²) in [5.41, 5.74) is 0. The van der Waals surface area contributed by atoms with Crippen LogP contribution in [0.2, 0.25) is 0 Å². The second kappa shape index (κ2) is 5.89. The van der Waals surface area contributed by atoms with Crippen LogP contribution in [-0.2, 0) is 0 Å². The Labute approximate surface area is 96.0 Å². The molecule has 0 saturated heterocycles. The van der Waals surface area contributed by atoms with Crippen molar-refractivity contribution >= 4 is 0 Å². The van der Waals surface area contributed by atoms with Gasteiger partial charge in [0, 0.05) is 6.04 Å². The van der Waals surface area contributed by atoms with E-state index < -0.39 is 0 Å². The van der Waals surface area contributed by atoms with Crippen molar-refractivity contribution in [3.8, 4) is 0 Å². The van der Waals surface area contributed by atoms with Crippen molar-refractivity contribution in [2.24, 2.45) is 23.7 Å². The molecule has 0 aromatic rings. The van der Waals surface area contributed by atoms with E-state index in [1.807, 2.05) is 0 Å². The Hall–Kier alpha value is -0.0400. The molecule has 1 aliphatic rings. The highest BCUT2D eigenvalue weighted by molar-refractivity contribution is 4.86. The quantitative estimate of drug-likeness (QED) is 0.677. The third-order valence-corrected chi connectivity index (χ3v) is 3.96. The fourth-order valence-corrected chi connectivity index (χ4v) is 2.67. The molecule has 0 radical (unpaired) electrons. The highest BCUT2D eigenvalue weighted by Crippen LogP contribution is 2.34. The second-order valence-electron chi connectivity index (χ2n) is 5.91. The van der Waals surface area contributed by atoms with E-state index in [0.717, 1.165) is 29.7 Å². The SMILES string of the molecule is CCC(NCC(C(C)C)C(C)C)C1CC1. The fourth-order valence-electron chi connectivity index (χ4n) is 2.67. The molecule has 1 fully saturated rings. The Bertz CT molecular complexity index is 162. The largest absolute Gasteiger partial charge is 0.313 e. The highest BCUT2D eigenvalue weighted by atomic mass is 14.9. The maximum absolute atomic E-state index is 3.79. The van der Waals surface area contributed by atoms with Crippen LogP contribution in [0.5, 0.6) is 0 Å². The Balaban J connectivity index is 2.31. The van der Waals surface area contributed by atoms with Crippen LogP contribution in [0.1, 0.15) is 53.9 Å². The minimum absolute atomic E-state index is 0.796. The van der Waals surface area contributed by atoms with Gasteiger partial charge in [0.1, 0.15) is 0 Å². The van der Waals surface area contributed by atoms with E-state index >= 15 is 0 Å². The van der Waals surface area contributed by atoms with Crippen molar-refractivity contribution in [2.75, 3.05) is 6.54 Å². The second-order valence-corrected chi connectivity index (χ2v) is 5.91. The Morgan fingerprint density at radius 1 is 1.07 bits per heavy atom. The predicted octanol–water partition coefficient (Wildman–Crippen LogP) is 3.69. The van der Waals surface area contributed by atoms with Crippen LogP contribution in [-0.4, -0.2) is 12.6 Å². The van der Waals surface area contributed by atoms with Gasteiger partial charge in [-0.3, -0.25) is 0 Å². The lowest BCUT2D eigenvalue weighted by molar-refractivity contribution is 0.258. The monoisotopic (exact) mass is 211 g/mol. The van der Waals surface area contributed by atoms with E-state index in [1.165, 1.54) is 25.8 Å². The number of rotatable bonds is 7. The van der Waals surface area contributed by atoms with Gasteiger partial charge in [0.25, 0.3) is 0 Å². The lowest BCUT2D eigenvalue weighted by atomic mass is 9.85. The molecule has 0 heterocycles. The molecule has 1 nitrogen and oxygen atoms in total. The molecular weight excluding hydrogens is 182 g/mol. The number of nitrogens with one attached hydrogen (secondary N) is 1. The standard InChI is InChI=1S/C14H29N/c1-6-14(12-7-8-12)15-9-13(10(2)3)11(4)5/h10-15H,6-9H2,1-5H3. The average Bonchev–Trinajstić information content (AvgIpc) is 2.94. The van der Waals surface area contributed by atoms with E-state index in [0.29, 0.717) is 0 Å². The molecule has 1 rings (SSSR count). The van der Waals surface area contributed by atoms with Crippen molar-refractivity contribution in [1.29, 1.82) is 0 Å². The van der Waals surface area contributed by atoms with Gasteiger partial charge in [-0.1, -0.05) is 34.6 Å². The normalized spacial score (nSPS) is 19.2. The molecule has 1 unspecified atom stereocenters. The van der Waals surface area contributed by atoms with Crippen LogP contribution in [0.3, 0.4) is 0 Å². The van der Waals surface area contributed by atoms with Crippen LogP contribution in [0, 0.1) is 23.7 Å². The van der Waals surface area contributed by atoms with Crippen LogP contribution in [0.15, 0.2) is 0 Å². The molecule has 15 heavy (non-hydrogen) atoms. The first-order chi connectivity index (χ1) is 7.06. The zero-order chi connectivity index (χ0) is 11.4. The summed E-state index contributed by atoms with van der Waals surface area (Å²) in [4.78, 5) is 0. The molecule has 0 spiro atoms. The predicted molar refractivity (Wildman–Crippen MR) is 68.0 cm³/mol. The fraction of sp³-hybridized carbons (Fsp3) is 1.00. The molecular formula is C14H29N. The molecule has 0 aliphatic heterocycles. The summed E-state index contributed by atoms with van der Waals surface area (Å²) in [5.74, 6) is 3.43. The van der Waals surface area contributed by atoms with E-state index in [1.54, 1.807) is 0 Å². The first-order valence-electron chi connectivity index (χ1n) is 6.79. The van der Waals surface area contributed by atoms with Crippen molar-refractivity contribution in [3.05, 3.63) is 0 Å². The van der Waals surface area contributed by atoms with E-state index in [4.69, 9.17) is 0 Å². The van der Waals surface area contributed by atoms with Crippen molar-refractivity contribution in [2.45, 2.75) is 59.9 Å². The zero-order valence-corrected chi connectivity index (χ0v) is 11.2. The maximum atomic E-state index is 3.79. The summed E-state index contributed by atoms with van der Waals surface area (Å²) >= 11 is 0. The van der Waals surface area contributed by atoms with Gasteiger partial charge >= 0.3 is 0 Å². The maximum Gasteiger partial charge on any atom is 0.00928 e. The summed E-state index contributed by atoms with van der Waals surface area (Å²) in [7, 11) is 0. The van der Waals surface area contributed by atoms with Crippen LogP contribution in [0.4, 0.5) is 0 Å². The van der Waals surface area contributed by atoms with Gasteiger partial charge in [-0.15, -0.1) is 0 Å². The third kappa shape index (κ3) is 4.14. The lowest BCUT2D eigenvalue weighted by Crippen LogP contribution is -2.37. The van der Waals surface area contributed by atoms with Gasteiger partial charge in [0.05, 0.1) is 0 Å². The summed E-state index contributed by atoms with van der Waals surface area (Å²) in [6, 6.07) is 0.796. The van der Waals surface area contributed by atoms with Gasteiger partial charge < -0.3 is 5.32 Å². The van der Waals surface area contributed by atoms with E-state index in [-0.39, 0.29) is 0 Å². The zero-order valence-electron chi connectivity index (χ0n) is 11.2. The smallest absolute Gasteiger partial charge is 0.00928 e. The summed E-state index contributed by atoms with van der Waals surface area (Å²) < 4.78 is 0. The lowest BCUT2D eigenvalue weighted by Gasteiger charge is -2.28. The van der Waals surface area contributed by atoms with Crippen molar-refractivity contribution in [1.82, 2.24) is 5.32 Å². The molecule has 1 heteroatoms. The van der Waals surface area contributed by atoms with Gasteiger partial charge in [-0.25, -0.2) is 0 Å². The Kier molecular flexibility index (Phi) is 5.11. The van der Waals surface area contributed by atoms with Gasteiger partial charge in [-0.05, 0) is 49.5 Å².